The summed E-state index contributed by atoms with van der Waals surface area (Å²) in [6, 6.07) is 9.18. The number of fused-ring (bicyclic) bond motifs is 1. The van der Waals surface area contributed by atoms with Crippen molar-refractivity contribution in [3.8, 4) is 21.9 Å². The molecule has 4 rings (SSSR count). The Kier molecular flexibility index (Phi) is 5.74. The lowest BCUT2D eigenvalue weighted by atomic mass is 10.2. The molecule has 6 nitrogen and oxygen atoms in total. The monoisotopic (exact) mass is 441 g/mol. The molecule has 0 aliphatic rings. The number of aromatic nitrogens is 3. The Labute approximate surface area is 181 Å². The molecule has 0 fully saturated rings. The summed E-state index contributed by atoms with van der Waals surface area (Å²) >= 11 is 7.60. The van der Waals surface area contributed by atoms with Crippen LogP contribution in [0.25, 0.3) is 26.3 Å². The number of rotatable bonds is 6. The van der Waals surface area contributed by atoms with Crippen molar-refractivity contribution in [3.63, 3.8) is 0 Å². The van der Waals surface area contributed by atoms with Crippen molar-refractivity contribution < 1.29 is 4.74 Å². The topological polar surface area (TPSA) is 77.0 Å². The summed E-state index contributed by atoms with van der Waals surface area (Å²) in [6.07, 6.45) is 4.99. The molecule has 3 aromatic heterocycles. The zero-order chi connectivity index (χ0) is 21.3. The largest absolute Gasteiger partial charge is 0.491 e. The summed E-state index contributed by atoms with van der Waals surface area (Å²) in [5.74, 6) is 0.494. The summed E-state index contributed by atoms with van der Waals surface area (Å²) in [7, 11) is 0. The minimum atomic E-state index is -0.538. The lowest BCUT2D eigenvalue weighted by Crippen LogP contribution is -2.33. The summed E-state index contributed by atoms with van der Waals surface area (Å²) < 4.78 is 7.44. The van der Waals surface area contributed by atoms with Crippen LogP contribution >= 0.6 is 22.9 Å². The molecular weight excluding hydrogens is 422 g/mol. The van der Waals surface area contributed by atoms with Crippen molar-refractivity contribution >= 4 is 33.2 Å². The van der Waals surface area contributed by atoms with Gasteiger partial charge in [-0.1, -0.05) is 43.1 Å². The average Bonchev–Trinajstić information content (AvgIpc) is 3.14. The minimum absolute atomic E-state index is 0.340. The third-order valence-electron chi connectivity index (χ3n) is 4.75. The minimum Gasteiger partial charge on any atom is -0.491 e. The molecule has 0 unspecified atom stereocenters. The molecule has 0 spiro atoms. The van der Waals surface area contributed by atoms with Gasteiger partial charge in [0.15, 0.2) is 0 Å². The van der Waals surface area contributed by atoms with Crippen molar-refractivity contribution in [3.05, 3.63) is 74.1 Å². The molecule has 8 heteroatoms. The van der Waals surface area contributed by atoms with Gasteiger partial charge in [0.25, 0.3) is 5.56 Å². The number of aromatic amines is 1. The molecule has 154 valence electrons. The molecule has 0 aliphatic carbocycles. The van der Waals surface area contributed by atoms with Crippen molar-refractivity contribution in [2.45, 2.75) is 26.7 Å². The molecule has 3 heterocycles. The normalized spacial score (nSPS) is 11.2. The Morgan fingerprint density at radius 2 is 2.03 bits per heavy atom. The molecule has 0 atom stereocenters. The fourth-order valence-corrected chi connectivity index (χ4v) is 4.60. The second-order valence-corrected chi connectivity index (χ2v) is 8.37. The second-order valence-electron chi connectivity index (χ2n) is 6.91. The number of hydrogen-bond donors (Lipinski definition) is 1. The van der Waals surface area contributed by atoms with Crippen LogP contribution in [0.1, 0.15) is 25.3 Å². The van der Waals surface area contributed by atoms with Crippen molar-refractivity contribution in [1.82, 2.24) is 14.5 Å². The van der Waals surface area contributed by atoms with Gasteiger partial charge in [0, 0.05) is 27.2 Å². The summed E-state index contributed by atoms with van der Waals surface area (Å²) in [5.41, 5.74) is 1.45. The third-order valence-corrected chi connectivity index (χ3v) is 6.24. The van der Waals surface area contributed by atoms with E-state index in [0.717, 1.165) is 33.4 Å². The predicted octanol–water partition coefficient (Wildman–Crippen LogP) is 4.94. The number of nitrogens with one attached hydrogen (secondary N) is 1. The van der Waals surface area contributed by atoms with Crippen LogP contribution in [-0.2, 0) is 0 Å². The molecule has 0 amide bonds. The first kappa shape index (κ1) is 20.4. The number of hydrogen-bond acceptors (Lipinski definition) is 5. The van der Waals surface area contributed by atoms with Gasteiger partial charge in [0.2, 0.25) is 0 Å². The summed E-state index contributed by atoms with van der Waals surface area (Å²) in [4.78, 5) is 34.0. The number of nitrogens with zero attached hydrogens (tertiary/aromatic N) is 2. The third kappa shape index (κ3) is 3.66. The quantitative estimate of drug-likeness (QED) is 0.430. The van der Waals surface area contributed by atoms with Gasteiger partial charge in [-0.3, -0.25) is 9.78 Å². The van der Waals surface area contributed by atoms with Crippen molar-refractivity contribution in [2.75, 3.05) is 6.61 Å². The van der Waals surface area contributed by atoms with Gasteiger partial charge in [0.1, 0.15) is 16.1 Å². The lowest BCUT2D eigenvalue weighted by molar-refractivity contribution is 0.305. The van der Waals surface area contributed by atoms with E-state index in [1.54, 1.807) is 18.3 Å². The molecule has 30 heavy (non-hydrogen) atoms. The molecule has 4 aromatic rings. The Morgan fingerprint density at radius 3 is 2.80 bits per heavy atom. The van der Waals surface area contributed by atoms with E-state index in [4.69, 9.17) is 16.3 Å². The molecule has 0 saturated heterocycles. The molecule has 0 saturated carbocycles. The van der Waals surface area contributed by atoms with E-state index < -0.39 is 11.2 Å². The first-order valence-corrected chi connectivity index (χ1v) is 10.8. The number of benzene rings is 1. The van der Waals surface area contributed by atoms with Crippen LogP contribution in [0.15, 0.2) is 52.3 Å². The number of ether oxygens (including phenoxy) is 1. The molecule has 0 aliphatic heterocycles. The second kappa shape index (κ2) is 8.45. The Balaban J connectivity index is 1.90. The SMILES string of the molecule is CCCCOc1c(C)cncc1-n1c(=O)[nH]c2cc(-c3ccccc3Cl)sc2c1=O. The zero-order valence-electron chi connectivity index (χ0n) is 16.6. The van der Waals surface area contributed by atoms with Crippen LogP contribution in [0.5, 0.6) is 5.75 Å². The fraction of sp³-hybridized carbons (Fsp3) is 0.227. The number of pyridine rings is 1. The average molecular weight is 442 g/mol. The van der Waals surface area contributed by atoms with E-state index >= 15 is 0 Å². The van der Waals surface area contributed by atoms with E-state index in [-0.39, 0.29) is 0 Å². The Hall–Kier alpha value is -2.90. The maximum atomic E-state index is 13.3. The van der Waals surface area contributed by atoms with E-state index in [1.165, 1.54) is 17.5 Å². The van der Waals surface area contributed by atoms with E-state index in [2.05, 4.69) is 16.9 Å². The van der Waals surface area contributed by atoms with Crippen LogP contribution in [0.4, 0.5) is 0 Å². The summed E-state index contributed by atoms with van der Waals surface area (Å²) in [5, 5.41) is 0.584. The Bertz CT molecular complexity index is 1340. The predicted molar refractivity (Wildman–Crippen MR) is 121 cm³/mol. The number of aryl methyl sites for hydroxylation is 1. The highest BCUT2D eigenvalue weighted by Crippen LogP contribution is 2.35. The number of H-pyrrole nitrogens is 1. The smallest absolute Gasteiger partial charge is 0.333 e. The number of unbranched alkanes of at least 4 members (excludes halogenated alkanes) is 1. The van der Waals surface area contributed by atoms with Crippen LogP contribution in [0, 0.1) is 6.92 Å². The number of halogens is 1. The van der Waals surface area contributed by atoms with Crippen LogP contribution in [-0.4, -0.2) is 21.1 Å². The van der Waals surface area contributed by atoms with Gasteiger partial charge >= 0.3 is 5.69 Å². The maximum Gasteiger partial charge on any atom is 0.333 e. The van der Waals surface area contributed by atoms with E-state index in [0.29, 0.717) is 33.3 Å². The molecular formula is C22H20ClN3O3S. The highest BCUT2D eigenvalue weighted by molar-refractivity contribution is 7.22. The van der Waals surface area contributed by atoms with Gasteiger partial charge in [0.05, 0.1) is 18.3 Å². The fourth-order valence-electron chi connectivity index (χ4n) is 3.22. The van der Waals surface area contributed by atoms with E-state index in [1.807, 2.05) is 25.1 Å². The van der Waals surface area contributed by atoms with Crippen LogP contribution in [0.3, 0.4) is 0 Å². The first-order chi connectivity index (χ1) is 14.5. The summed E-state index contributed by atoms with van der Waals surface area (Å²) in [6.45, 7) is 4.41. The Morgan fingerprint density at radius 1 is 1.23 bits per heavy atom. The molecule has 0 radical (unpaired) electrons. The van der Waals surface area contributed by atoms with Gasteiger partial charge in [-0.2, -0.15) is 0 Å². The molecule has 1 aromatic carbocycles. The van der Waals surface area contributed by atoms with Crippen LogP contribution in [0.2, 0.25) is 5.02 Å². The van der Waals surface area contributed by atoms with Gasteiger partial charge in [-0.05, 0) is 25.5 Å². The first-order valence-electron chi connectivity index (χ1n) is 9.62. The van der Waals surface area contributed by atoms with Gasteiger partial charge < -0.3 is 9.72 Å². The highest BCUT2D eigenvalue weighted by atomic mass is 35.5. The zero-order valence-corrected chi connectivity index (χ0v) is 18.1. The van der Waals surface area contributed by atoms with Gasteiger partial charge in [-0.25, -0.2) is 9.36 Å². The van der Waals surface area contributed by atoms with Gasteiger partial charge in [-0.15, -0.1) is 11.3 Å². The van der Waals surface area contributed by atoms with Crippen LogP contribution < -0.4 is 16.0 Å². The lowest BCUT2D eigenvalue weighted by Gasteiger charge is -2.14. The van der Waals surface area contributed by atoms with Crippen molar-refractivity contribution in [1.29, 1.82) is 0 Å². The standard InChI is InChI=1S/C22H20ClN3O3S/c1-3-4-9-29-19-13(2)11-24-12-17(19)26-21(27)20-16(25-22(26)28)10-18(30-20)14-7-5-6-8-15(14)23/h5-8,10-12H,3-4,9H2,1-2H3,(H,25,28). The number of thiophene rings is 1. The highest BCUT2D eigenvalue weighted by Gasteiger charge is 2.18. The van der Waals surface area contributed by atoms with E-state index in [9.17, 15) is 9.59 Å². The molecule has 0 bridgehead atoms. The molecule has 1 N–H and O–H groups in total. The maximum absolute atomic E-state index is 13.3. The van der Waals surface area contributed by atoms with Crippen molar-refractivity contribution in [2.24, 2.45) is 0 Å².